The Morgan fingerprint density at radius 2 is 2.09 bits per heavy atom. The van der Waals surface area contributed by atoms with E-state index in [2.05, 4.69) is 6.58 Å². The van der Waals surface area contributed by atoms with Gasteiger partial charge in [-0.1, -0.05) is 18.2 Å². The van der Waals surface area contributed by atoms with Gasteiger partial charge in [-0.3, -0.25) is 0 Å². The number of rotatable bonds is 5. The van der Waals surface area contributed by atoms with Crippen molar-refractivity contribution in [3.05, 3.63) is 24.8 Å². The number of allylic oxidation sites excluding steroid dienone is 1. The first-order valence-electron chi connectivity index (χ1n) is 3.80. The van der Waals surface area contributed by atoms with Crippen molar-refractivity contribution in [2.45, 2.75) is 32.0 Å². The Bertz CT molecular complexity index is 130. The highest BCUT2D eigenvalue weighted by Gasteiger charge is 2.06. The SMILES string of the molecule is C=CCC(O)CC(O)C=CC. The highest BCUT2D eigenvalue weighted by atomic mass is 16.3. The Kier molecular flexibility index (Phi) is 5.80. The van der Waals surface area contributed by atoms with Gasteiger partial charge in [-0.2, -0.15) is 0 Å². The number of hydrogen-bond acceptors (Lipinski definition) is 2. The van der Waals surface area contributed by atoms with Crippen LogP contribution in [0.5, 0.6) is 0 Å². The second-order valence-corrected chi connectivity index (χ2v) is 2.51. The highest BCUT2D eigenvalue weighted by Crippen LogP contribution is 2.03. The molecule has 2 nitrogen and oxygen atoms in total. The van der Waals surface area contributed by atoms with E-state index in [0.717, 1.165) is 0 Å². The molecule has 0 aliphatic rings. The summed E-state index contributed by atoms with van der Waals surface area (Å²) in [4.78, 5) is 0. The molecule has 0 aliphatic carbocycles. The van der Waals surface area contributed by atoms with Crippen LogP contribution in [0.1, 0.15) is 19.8 Å². The summed E-state index contributed by atoms with van der Waals surface area (Å²) in [6, 6.07) is 0. The normalized spacial score (nSPS) is 16.6. The van der Waals surface area contributed by atoms with Crippen molar-refractivity contribution < 1.29 is 10.2 Å². The average molecular weight is 156 g/mol. The Balaban J connectivity index is 3.55. The quantitative estimate of drug-likeness (QED) is 0.588. The maximum Gasteiger partial charge on any atom is 0.0745 e. The molecule has 0 aromatic heterocycles. The van der Waals surface area contributed by atoms with Crippen molar-refractivity contribution in [1.29, 1.82) is 0 Å². The standard InChI is InChI=1S/C9H16O2/c1-3-5-8(10)7-9(11)6-4-2/h3-4,6,8-11H,1,5,7H2,2H3. The summed E-state index contributed by atoms with van der Waals surface area (Å²) in [5.74, 6) is 0. The van der Waals surface area contributed by atoms with Crippen molar-refractivity contribution in [2.75, 3.05) is 0 Å². The lowest BCUT2D eigenvalue weighted by molar-refractivity contribution is 0.106. The Hall–Kier alpha value is -0.600. The van der Waals surface area contributed by atoms with Gasteiger partial charge in [0, 0.05) is 6.42 Å². The molecular formula is C9H16O2. The van der Waals surface area contributed by atoms with E-state index in [4.69, 9.17) is 5.11 Å². The topological polar surface area (TPSA) is 40.5 Å². The van der Waals surface area contributed by atoms with Crippen LogP contribution in [0, 0.1) is 0 Å². The first-order valence-corrected chi connectivity index (χ1v) is 3.80. The van der Waals surface area contributed by atoms with Crippen molar-refractivity contribution in [3.8, 4) is 0 Å². The summed E-state index contributed by atoms with van der Waals surface area (Å²) in [5.41, 5.74) is 0. The molecule has 0 fully saturated rings. The summed E-state index contributed by atoms with van der Waals surface area (Å²) < 4.78 is 0. The summed E-state index contributed by atoms with van der Waals surface area (Å²) in [6.07, 6.45) is 4.99. The molecule has 2 heteroatoms. The van der Waals surface area contributed by atoms with Crippen molar-refractivity contribution >= 4 is 0 Å². The van der Waals surface area contributed by atoms with E-state index in [-0.39, 0.29) is 0 Å². The average Bonchev–Trinajstić information content (AvgIpc) is 1.87. The van der Waals surface area contributed by atoms with Gasteiger partial charge in [0.25, 0.3) is 0 Å². The second kappa shape index (κ2) is 6.13. The van der Waals surface area contributed by atoms with E-state index >= 15 is 0 Å². The molecule has 2 atom stereocenters. The van der Waals surface area contributed by atoms with Crippen molar-refractivity contribution in [2.24, 2.45) is 0 Å². The second-order valence-electron chi connectivity index (χ2n) is 2.51. The zero-order valence-corrected chi connectivity index (χ0v) is 6.90. The molecule has 0 bridgehead atoms. The first-order chi connectivity index (χ1) is 5.20. The molecule has 64 valence electrons. The van der Waals surface area contributed by atoms with Gasteiger partial charge in [-0.25, -0.2) is 0 Å². The fraction of sp³-hybridized carbons (Fsp3) is 0.556. The fourth-order valence-corrected chi connectivity index (χ4v) is 0.868. The molecule has 0 aromatic carbocycles. The third kappa shape index (κ3) is 5.83. The summed E-state index contributed by atoms with van der Waals surface area (Å²) in [5, 5.41) is 18.3. The van der Waals surface area contributed by atoms with Gasteiger partial charge in [0.2, 0.25) is 0 Å². The van der Waals surface area contributed by atoms with Crippen LogP contribution >= 0.6 is 0 Å². The smallest absolute Gasteiger partial charge is 0.0745 e. The van der Waals surface area contributed by atoms with Gasteiger partial charge in [-0.05, 0) is 13.3 Å². The molecule has 0 amide bonds. The van der Waals surface area contributed by atoms with Crippen molar-refractivity contribution in [3.63, 3.8) is 0 Å². The van der Waals surface area contributed by atoms with E-state index in [9.17, 15) is 5.11 Å². The van der Waals surface area contributed by atoms with Gasteiger partial charge in [0.05, 0.1) is 12.2 Å². The summed E-state index contributed by atoms with van der Waals surface area (Å²) in [6.45, 7) is 5.33. The van der Waals surface area contributed by atoms with Gasteiger partial charge in [0.15, 0.2) is 0 Å². The van der Waals surface area contributed by atoms with Gasteiger partial charge < -0.3 is 10.2 Å². The molecule has 11 heavy (non-hydrogen) atoms. The molecule has 0 aliphatic heterocycles. The predicted octanol–water partition coefficient (Wildman–Crippen LogP) is 1.25. The van der Waals surface area contributed by atoms with E-state index < -0.39 is 12.2 Å². The number of hydrogen-bond donors (Lipinski definition) is 2. The zero-order chi connectivity index (χ0) is 8.69. The Morgan fingerprint density at radius 1 is 1.45 bits per heavy atom. The van der Waals surface area contributed by atoms with E-state index in [1.54, 1.807) is 18.2 Å². The fourth-order valence-electron chi connectivity index (χ4n) is 0.868. The molecule has 0 aromatic rings. The third-order valence-electron chi connectivity index (χ3n) is 1.37. The van der Waals surface area contributed by atoms with E-state index in [1.165, 1.54) is 0 Å². The van der Waals surface area contributed by atoms with Crippen LogP contribution in [0.15, 0.2) is 24.8 Å². The minimum absolute atomic E-state index is 0.385. The van der Waals surface area contributed by atoms with E-state index in [1.807, 2.05) is 6.92 Å². The Morgan fingerprint density at radius 3 is 2.55 bits per heavy atom. The van der Waals surface area contributed by atoms with Crippen LogP contribution in [0.3, 0.4) is 0 Å². The molecule has 0 saturated heterocycles. The van der Waals surface area contributed by atoms with Crippen LogP contribution in [0.25, 0.3) is 0 Å². The summed E-state index contributed by atoms with van der Waals surface area (Å²) in [7, 11) is 0. The van der Waals surface area contributed by atoms with Crippen LogP contribution in [-0.4, -0.2) is 22.4 Å². The third-order valence-corrected chi connectivity index (χ3v) is 1.37. The Labute approximate surface area is 67.9 Å². The maximum atomic E-state index is 9.18. The van der Waals surface area contributed by atoms with Crippen LogP contribution < -0.4 is 0 Å². The molecule has 0 saturated carbocycles. The molecule has 0 spiro atoms. The van der Waals surface area contributed by atoms with Gasteiger partial charge in [-0.15, -0.1) is 6.58 Å². The first kappa shape index (κ1) is 10.4. The van der Waals surface area contributed by atoms with Gasteiger partial charge >= 0.3 is 0 Å². The van der Waals surface area contributed by atoms with Crippen LogP contribution in [-0.2, 0) is 0 Å². The molecule has 0 heterocycles. The van der Waals surface area contributed by atoms with Crippen LogP contribution in [0.4, 0.5) is 0 Å². The maximum absolute atomic E-state index is 9.18. The van der Waals surface area contributed by atoms with Crippen LogP contribution in [0.2, 0.25) is 0 Å². The summed E-state index contributed by atoms with van der Waals surface area (Å²) >= 11 is 0. The highest BCUT2D eigenvalue weighted by molar-refractivity contribution is 4.87. The van der Waals surface area contributed by atoms with E-state index in [0.29, 0.717) is 12.8 Å². The lowest BCUT2D eigenvalue weighted by Crippen LogP contribution is -2.14. The minimum atomic E-state index is -0.532. The molecule has 0 radical (unpaired) electrons. The lowest BCUT2D eigenvalue weighted by Gasteiger charge is -2.09. The molecule has 2 unspecified atom stereocenters. The lowest BCUT2D eigenvalue weighted by atomic mass is 10.1. The van der Waals surface area contributed by atoms with Crippen molar-refractivity contribution in [1.82, 2.24) is 0 Å². The van der Waals surface area contributed by atoms with Gasteiger partial charge in [0.1, 0.15) is 0 Å². The predicted molar refractivity (Wildman–Crippen MR) is 46.3 cm³/mol. The minimum Gasteiger partial charge on any atom is -0.393 e. The number of aliphatic hydroxyl groups is 2. The molecular weight excluding hydrogens is 140 g/mol. The number of aliphatic hydroxyl groups excluding tert-OH is 2. The zero-order valence-electron chi connectivity index (χ0n) is 6.90. The molecule has 2 N–H and O–H groups in total. The monoisotopic (exact) mass is 156 g/mol. The molecule has 0 rings (SSSR count). The largest absolute Gasteiger partial charge is 0.393 e.